The normalized spacial score (nSPS) is 13.4. The Kier molecular flexibility index (Phi) is 8.04. The summed E-state index contributed by atoms with van der Waals surface area (Å²) in [5, 5.41) is 3.45. The molecule has 7 aromatic rings. The number of carbonyl (C=O) groups excluding carboxylic acids is 1. The molecule has 51 heavy (non-hydrogen) atoms. The van der Waals surface area contributed by atoms with Crippen LogP contribution in [0.2, 0.25) is 0 Å². The van der Waals surface area contributed by atoms with Gasteiger partial charge in [-0.15, -0.1) is 0 Å². The minimum Gasteiger partial charge on any atom is -0.457 e. The molecule has 0 radical (unpaired) electrons. The third-order valence-corrected chi connectivity index (χ3v) is 10.6. The number of hydrogen-bond acceptors (Lipinski definition) is 8. The summed E-state index contributed by atoms with van der Waals surface area (Å²) in [6, 6.07) is 44.2. The fourth-order valence-corrected chi connectivity index (χ4v) is 8.23. The second-order valence-corrected chi connectivity index (χ2v) is 13.9. The van der Waals surface area contributed by atoms with Crippen molar-refractivity contribution < 1.29 is 36.7 Å². The summed E-state index contributed by atoms with van der Waals surface area (Å²) in [6.07, 6.45) is 0. The van der Waals surface area contributed by atoms with Gasteiger partial charge in [-0.2, -0.15) is 0 Å². The lowest BCUT2D eigenvalue weighted by Gasteiger charge is -2.22. The van der Waals surface area contributed by atoms with E-state index in [1.165, 1.54) is 0 Å². The number of fused-ring (bicyclic) bond motifs is 4. The Bertz CT molecular complexity index is 2400. The topological polar surface area (TPSA) is 81.7 Å². The van der Waals surface area contributed by atoms with Crippen molar-refractivity contribution in [2.24, 2.45) is 0 Å². The first-order chi connectivity index (χ1) is 25.1. The lowest BCUT2D eigenvalue weighted by molar-refractivity contribution is 0.0471. The van der Waals surface area contributed by atoms with E-state index in [1.54, 1.807) is 6.07 Å². The van der Waals surface area contributed by atoms with Gasteiger partial charge in [0.2, 0.25) is 0 Å². The van der Waals surface area contributed by atoms with Crippen LogP contribution in [0.25, 0.3) is 32.7 Å². The Morgan fingerprint density at radius 1 is 0.569 bits per heavy atom. The predicted octanol–water partition coefficient (Wildman–Crippen LogP) is 11.5. The molecule has 2 aliphatic rings. The van der Waals surface area contributed by atoms with Crippen molar-refractivity contribution in [3.8, 4) is 45.6 Å². The highest BCUT2D eigenvalue weighted by Crippen LogP contribution is 2.58. The molecule has 0 saturated heterocycles. The van der Waals surface area contributed by atoms with Crippen molar-refractivity contribution in [3.05, 3.63) is 156 Å². The van der Waals surface area contributed by atoms with Crippen LogP contribution in [0.1, 0.15) is 21.5 Å². The fourth-order valence-electron chi connectivity index (χ4n) is 6.11. The van der Waals surface area contributed by atoms with Gasteiger partial charge in [0.05, 0.1) is 0 Å². The monoisotopic (exact) mass is 710 g/mol. The summed E-state index contributed by atoms with van der Waals surface area (Å²) in [4.78, 5) is 14.2. The summed E-state index contributed by atoms with van der Waals surface area (Å²) >= 11 is 0. The minimum atomic E-state index is -2.00. The van der Waals surface area contributed by atoms with Gasteiger partial charge in [-0.25, -0.2) is 4.79 Å². The molecular weight excluding hydrogens is 682 g/mol. The molecule has 0 saturated carbocycles. The van der Waals surface area contributed by atoms with Crippen LogP contribution in [0.15, 0.2) is 140 Å². The molecule has 8 nitrogen and oxygen atoms in total. The van der Waals surface area contributed by atoms with Crippen LogP contribution in [-0.2, 0) is 11.3 Å². The zero-order chi connectivity index (χ0) is 34.3. The van der Waals surface area contributed by atoms with Crippen molar-refractivity contribution in [2.75, 3.05) is 0 Å². The van der Waals surface area contributed by atoms with Crippen molar-refractivity contribution in [1.29, 1.82) is 0 Å². The molecule has 0 N–H and O–H groups in total. The van der Waals surface area contributed by atoms with Crippen LogP contribution >= 0.6 is 17.2 Å². The van der Waals surface area contributed by atoms with Gasteiger partial charge in [0, 0.05) is 11.1 Å². The molecule has 2 heterocycles. The van der Waals surface area contributed by atoms with E-state index in [1.807, 2.05) is 140 Å². The van der Waals surface area contributed by atoms with Gasteiger partial charge in [0.15, 0.2) is 28.7 Å². The largest absolute Gasteiger partial charge is 0.530 e. The van der Waals surface area contributed by atoms with E-state index in [9.17, 15) is 4.79 Å². The standard InChI is InChI=1S/C41H28O8P2/c1-26-18-20-27(21-19-26)25-43-41(42)32-24-29-11-3-5-13-31(29)39(40(32)49-51-46-35-16-8-9-17-36(35)47-51)38-30-12-4-2-10-28(30)22-23-37(38)48-50-44-33-14-6-7-15-34(33)45-50/h2-24H,25H2,1H3. The highest BCUT2D eigenvalue weighted by Gasteiger charge is 2.36. The van der Waals surface area contributed by atoms with E-state index in [4.69, 9.17) is 31.9 Å². The molecule has 0 fully saturated rings. The summed E-state index contributed by atoms with van der Waals surface area (Å²) in [7, 11) is -3.84. The van der Waals surface area contributed by atoms with Gasteiger partial charge in [-0.3, -0.25) is 0 Å². The Balaban J connectivity index is 1.22. The van der Waals surface area contributed by atoms with Crippen molar-refractivity contribution >= 4 is 44.7 Å². The average molecular weight is 711 g/mol. The van der Waals surface area contributed by atoms with Gasteiger partial charge >= 0.3 is 23.2 Å². The highest BCUT2D eigenvalue weighted by atomic mass is 31.2. The minimum absolute atomic E-state index is 0.0794. The van der Waals surface area contributed by atoms with Gasteiger partial charge < -0.3 is 31.9 Å². The highest BCUT2D eigenvalue weighted by molar-refractivity contribution is 7.43. The second kappa shape index (κ2) is 13.1. The van der Waals surface area contributed by atoms with Gasteiger partial charge in [0.25, 0.3) is 0 Å². The smallest absolute Gasteiger partial charge is 0.457 e. The Hall–Kier alpha value is -5.81. The summed E-state index contributed by atoms with van der Waals surface area (Å²) < 4.78 is 43.7. The molecule has 0 aromatic heterocycles. The quantitative estimate of drug-likeness (QED) is 0.114. The Morgan fingerprint density at radius 3 is 1.73 bits per heavy atom. The maximum Gasteiger partial charge on any atom is 0.530 e. The lowest BCUT2D eigenvalue weighted by Crippen LogP contribution is -2.10. The molecule has 250 valence electrons. The average Bonchev–Trinajstić information content (AvgIpc) is 3.77. The zero-order valence-electron chi connectivity index (χ0n) is 27.1. The molecule has 2 aliphatic heterocycles. The van der Waals surface area contributed by atoms with Crippen molar-refractivity contribution in [3.63, 3.8) is 0 Å². The summed E-state index contributed by atoms with van der Waals surface area (Å²) in [5.41, 5.74) is 3.49. The number of para-hydroxylation sites is 4. The number of benzene rings is 7. The number of ether oxygens (including phenoxy) is 1. The number of carbonyl (C=O) groups is 1. The molecule has 10 heteroatoms. The summed E-state index contributed by atoms with van der Waals surface area (Å²) in [6.45, 7) is 2.09. The third-order valence-electron chi connectivity index (χ3n) is 8.58. The SMILES string of the molecule is Cc1ccc(COC(=O)c2cc3ccccc3c(-c3c(OP4Oc5ccccc5O4)ccc4ccccc34)c2OP2Oc3ccccc3O2)cc1. The van der Waals surface area contributed by atoms with Gasteiger partial charge in [0.1, 0.15) is 17.9 Å². The molecule has 0 amide bonds. The molecule has 0 unspecified atom stereocenters. The lowest BCUT2D eigenvalue weighted by atomic mass is 9.90. The maximum absolute atomic E-state index is 14.2. The van der Waals surface area contributed by atoms with E-state index in [0.29, 0.717) is 39.9 Å². The molecular formula is C41H28O8P2. The van der Waals surface area contributed by atoms with Crippen LogP contribution in [0.4, 0.5) is 0 Å². The Morgan fingerprint density at radius 2 is 1.10 bits per heavy atom. The molecule has 9 rings (SSSR count). The molecule has 0 spiro atoms. The number of hydrogen-bond donors (Lipinski definition) is 0. The van der Waals surface area contributed by atoms with Crippen LogP contribution in [0.5, 0.6) is 34.5 Å². The fraction of sp³-hybridized carbons (Fsp3) is 0.0488. The van der Waals surface area contributed by atoms with E-state index >= 15 is 0 Å². The molecule has 0 bridgehead atoms. The van der Waals surface area contributed by atoms with Crippen molar-refractivity contribution in [2.45, 2.75) is 13.5 Å². The second-order valence-electron chi connectivity index (χ2n) is 12.0. The zero-order valence-corrected chi connectivity index (χ0v) is 28.9. The van der Waals surface area contributed by atoms with E-state index in [2.05, 4.69) is 0 Å². The summed E-state index contributed by atoms with van der Waals surface area (Å²) in [5.74, 6) is 2.50. The third kappa shape index (κ3) is 6.03. The van der Waals surface area contributed by atoms with E-state index in [0.717, 1.165) is 32.7 Å². The van der Waals surface area contributed by atoms with Gasteiger partial charge in [-0.05, 0) is 70.4 Å². The van der Waals surface area contributed by atoms with E-state index < -0.39 is 23.2 Å². The number of esters is 1. The first-order valence-electron chi connectivity index (χ1n) is 16.2. The van der Waals surface area contributed by atoms with Crippen LogP contribution in [0.3, 0.4) is 0 Å². The van der Waals surface area contributed by atoms with Crippen LogP contribution in [0, 0.1) is 6.92 Å². The van der Waals surface area contributed by atoms with E-state index in [-0.39, 0.29) is 17.9 Å². The number of rotatable bonds is 8. The van der Waals surface area contributed by atoms with Crippen LogP contribution < -0.4 is 27.1 Å². The Labute approximate surface area is 296 Å². The first-order valence-corrected chi connectivity index (χ1v) is 18.4. The van der Waals surface area contributed by atoms with Crippen molar-refractivity contribution in [1.82, 2.24) is 0 Å². The maximum atomic E-state index is 14.2. The molecule has 7 aromatic carbocycles. The molecule has 0 atom stereocenters. The predicted molar refractivity (Wildman–Crippen MR) is 198 cm³/mol. The van der Waals surface area contributed by atoms with Gasteiger partial charge in [-0.1, -0.05) is 109 Å². The molecule has 0 aliphatic carbocycles. The number of aryl methyl sites for hydroxylation is 1. The first kappa shape index (κ1) is 31.2. The van der Waals surface area contributed by atoms with Crippen LogP contribution in [-0.4, -0.2) is 5.97 Å².